The monoisotopic (exact) mass is 282 g/mol. The van der Waals surface area contributed by atoms with Crippen molar-refractivity contribution < 1.29 is 4.79 Å². The molecule has 112 valence electrons. The van der Waals surface area contributed by atoms with Crippen LogP contribution in [0.3, 0.4) is 0 Å². The highest BCUT2D eigenvalue weighted by molar-refractivity contribution is 5.99. The molecule has 0 N–H and O–H groups in total. The molecule has 2 aromatic carbocycles. The second-order valence-electron chi connectivity index (χ2n) is 5.95. The van der Waals surface area contributed by atoms with Gasteiger partial charge >= 0.3 is 0 Å². The first-order valence-electron chi connectivity index (χ1n) is 8.22. The Labute approximate surface area is 128 Å². The van der Waals surface area contributed by atoms with E-state index in [0.717, 1.165) is 18.4 Å². The zero-order chi connectivity index (χ0) is 15.2. The quantitative estimate of drug-likeness (QED) is 0.593. The molecule has 1 heteroatoms. The van der Waals surface area contributed by atoms with Crippen LogP contribution in [0.4, 0.5) is 0 Å². The lowest BCUT2D eigenvalue weighted by Crippen LogP contribution is -1.96. The van der Waals surface area contributed by atoms with Crippen molar-refractivity contribution >= 4 is 16.6 Å². The molecule has 0 aromatic heterocycles. The predicted octanol–water partition coefficient (Wildman–Crippen LogP) is 5.73. The third-order valence-electron chi connectivity index (χ3n) is 4.12. The normalized spacial score (nSPS) is 11.0. The molecule has 0 spiro atoms. The Morgan fingerprint density at radius 3 is 2.33 bits per heavy atom. The van der Waals surface area contributed by atoms with E-state index in [2.05, 4.69) is 38.1 Å². The van der Waals surface area contributed by atoms with Crippen LogP contribution in [0.5, 0.6) is 0 Å². The van der Waals surface area contributed by atoms with E-state index in [4.69, 9.17) is 0 Å². The molecule has 0 saturated carbocycles. The summed E-state index contributed by atoms with van der Waals surface area (Å²) in [4.78, 5) is 11.6. The number of aryl methyl sites for hydroxylation is 2. The van der Waals surface area contributed by atoms with E-state index in [1.807, 2.05) is 6.07 Å². The van der Waals surface area contributed by atoms with E-state index in [9.17, 15) is 4.79 Å². The average Bonchev–Trinajstić information content (AvgIpc) is 2.49. The molecule has 0 heterocycles. The van der Waals surface area contributed by atoms with Crippen LogP contribution in [0.2, 0.25) is 0 Å². The van der Waals surface area contributed by atoms with Crippen LogP contribution in [0.15, 0.2) is 30.3 Å². The number of rotatable bonds is 7. The predicted molar refractivity (Wildman–Crippen MR) is 91.2 cm³/mol. The van der Waals surface area contributed by atoms with E-state index in [1.54, 1.807) is 6.92 Å². The SMILES string of the molecule is CCCCc1cc(CCCC)c2cc(C(C)=O)ccc2c1. The molecule has 0 atom stereocenters. The van der Waals surface area contributed by atoms with Crippen LogP contribution in [0, 0.1) is 0 Å². The molecule has 0 aliphatic carbocycles. The number of Topliss-reactive ketones (excluding diaryl/α,β-unsaturated/α-hetero) is 1. The molecule has 0 saturated heterocycles. The van der Waals surface area contributed by atoms with Crippen LogP contribution < -0.4 is 0 Å². The Morgan fingerprint density at radius 2 is 1.67 bits per heavy atom. The fourth-order valence-electron chi connectivity index (χ4n) is 2.82. The number of ketones is 1. The lowest BCUT2D eigenvalue weighted by atomic mass is 9.93. The van der Waals surface area contributed by atoms with Crippen molar-refractivity contribution in [1.29, 1.82) is 0 Å². The molecule has 0 amide bonds. The molecule has 0 radical (unpaired) electrons. The number of hydrogen-bond donors (Lipinski definition) is 0. The van der Waals surface area contributed by atoms with Crippen LogP contribution in [-0.2, 0) is 12.8 Å². The third kappa shape index (κ3) is 3.93. The minimum atomic E-state index is 0.147. The maximum absolute atomic E-state index is 11.6. The van der Waals surface area contributed by atoms with Crippen molar-refractivity contribution in [3.63, 3.8) is 0 Å². The summed E-state index contributed by atoms with van der Waals surface area (Å²) < 4.78 is 0. The summed E-state index contributed by atoms with van der Waals surface area (Å²) in [5.74, 6) is 0.147. The second kappa shape index (κ2) is 7.40. The first-order chi connectivity index (χ1) is 10.2. The summed E-state index contributed by atoms with van der Waals surface area (Å²) in [6.07, 6.45) is 7.13. The fourth-order valence-corrected chi connectivity index (χ4v) is 2.82. The highest BCUT2D eigenvalue weighted by Gasteiger charge is 2.07. The van der Waals surface area contributed by atoms with Gasteiger partial charge in [-0.2, -0.15) is 0 Å². The van der Waals surface area contributed by atoms with Gasteiger partial charge in [-0.3, -0.25) is 4.79 Å². The summed E-state index contributed by atoms with van der Waals surface area (Å²) >= 11 is 0. The van der Waals surface area contributed by atoms with Crippen LogP contribution >= 0.6 is 0 Å². The fraction of sp³-hybridized carbons (Fsp3) is 0.450. The van der Waals surface area contributed by atoms with Crippen LogP contribution in [0.1, 0.15) is 67.9 Å². The number of carbonyl (C=O) groups excluding carboxylic acids is 1. The van der Waals surface area contributed by atoms with Crippen molar-refractivity contribution in [2.45, 2.75) is 59.3 Å². The first-order valence-corrected chi connectivity index (χ1v) is 8.22. The molecule has 0 aliphatic heterocycles. The number of benzene rings is 2. The molecule has 2 rings (SSSR count). The summed E-state index contributed by atoms with van der Waals surface area (Å²) in [7, 11) is 0. The zero-order valence-corrected chi connectivity index (χ0v) is 13.5. The van der Waals surface area contributed by atoms with Crippen molar-refractivity contribution in [3.05, 3.63) is 47.0 Å². The molecule has 0 unspecified atom stereocenters. The Kier molecular flexibility index (Phi) is 5.55. The Balaban J connectivity index is 2.48. The zero-order valence-electron chi connectivity index (χ0n) is 13.5. The second-order valence-corrected chi connectivity index (χ2v) is 5.95. The van der Waals surface area contributed by atoms with Gasteiger partial charge in [-0.25, -0.2) is 0 Å². The largest absolute Gasteiger partial charge is 0.295 e. The van der Waals surface area contributed by atoms with Crippen molar-refractivity contribution in [3.8, 4) is 0 Å². The number of fused-ring (bicyclic) bond motifs is 1. The smallest absolute Gasteiger partial charge is 0.159 e. The van der Waals surface area contributed by atoms with E-state index >= 15 is 0 Å². The van der Waals surface area contributed by atoms with Gasteiger partial charge in [0.1, 0.15) is 0 Å². The van der Waals surface area contributed by atoms with Crippen molar-refractivity contribution in [1.82, 2.24) is 0 Å². The van der Waals surface area contributed by atoms with Gasteiger partial charge in [0.05, 0.1) is 0 Å². The summed E-state index contributed by atoms with van der Waals surface area (Å²) in [5.41, 5.74) is 3.66. The number of unbranched alkanes of at least 4 members (excludes halogenated alkanes) is 2. The Hall–Kier alpha value is -1.63. The summed E-state index contributed by atoms with van der Waals surface area (Å²) in [6, 6.07) is 10.8. The minimum Gasteiger partial charge on any atom is -0.295 e. The minimum absolute atomic E-state index is 0.147. The number of carbonyl (C=O) groups is 1. The molecule has 0 bridgehead atoms. The lowest BCUT2D eigenvalue weighted by molar-refractivity contribution is 0.101. The van der Waals surface area contributed by atoms with Crippen LogP contribution in [-0.4, -0.2) is 5.78 Å². The van der Waals surface area contributed by atoms with E-state index in [1.165, 1.54) is 47.6 Å². The molecular formula is C20H26O. The first kappa shape index (κ1) is 15.8. The summed E-state index contributed by atoms with van der Waals surface area (Å²) in [6.45, 7) is 6.10. The van der Waals surface area contributed by atoms with Gasteiger partial charge in [0.15, 0.2) is 5.78 Å². The maximum atomic E-state index is 11.6. The highest BCUT2D eigenvalue weighted by Crippen LogP contribution is 2.25. The van der Waals surface area contributed by atoms with Gasteiger partial charge in [0.25, 0.3) is 0 Å². The molecule has 0 fully saturated rings. The standard InChI is InChI=1S/C20H26O/c1-4-6-8-16-12-18(9-7-5-2)20-14-17(15(3)21)10-11-19(20)13-16/h10-14H,4-9H2,1-3H3. The Morgan fingerprint density at radius 1 is 0.952 bits per heavy atom. The highest BCUT2D eigenvalue weighted by atomic mass is 16.1. The maximum Gasteiger partial charge on any atom is 0.159 e. The molecule has 2 aromatic rings. The molecule has 1 nitrogen and oxygen atoms in total. The third-order valence-corrected chi connectivity index (χ3v) is 4.12. The molecular weight excluding hydrogens is 256 g/mol. The molecule has 0 aliphatic rings. The van der Waals surface area contributed by atoms with Gasteiger partial charge in [-0.1, -0.05) is 51.0 Å². The lowest BCUT2D eigenvalue weighted by Gasteiger charge is -2.11. The van der Waals surface area contributed by atoms with Gasteiger partial charge in [-0.05, 0) is 60.6 Å². The van der Waals surface area contributed by atoms with E-state index in [0.29, 0.717) is 0 Å². The van der Waals surface area contributed by atoms with Gasteiger partial charge in [0, 0.05) is 5.56 Å². The Bertz CT molecular complexity index is 625. The number of hydrogen-bond acceptors (Lipinski definition) is 1. The topological polar surface area (TPSA) is 17.1 Å². The summed E-state index contributed by atoms with van der Waals surface area (Å²) in [5, 5.41) is 2.54. The van der Waals surface area contributed by atoms with E-state index < -0.39 is 0 Å². The average molecular weight is 282 g/mol. The van der Waals surface area contributed by atoms with Gasteiger partial charge in [-0.15, -0.1) is 0 Å². The van der Waals surface area contributed by atoms with Gasteiger partial charge in [0.2, 0.25) is 0 Å². The van der Waals surface area contributed by atoms with Crippen molar-refractivity contribution in [2.75, 3.05) is 0 Å². The van der Waals surface area contributed by atoms with Crippen LogP contribution in [0.25, 0.3) is 10.8 Å². The van der Waals surface area contributed by atoms with Gasteiger partial charge < -0.3 is 0 Å². The van der Waals surface area contributed by atoms with Crippen molar-refractivity contribution in [2.24, 2.45) is 0 Å². The van der Waals surface area contributed by atoms with E-state index in [-0.39, 0.29) is 5.78 Å². The molecule has 21 heavy (non-hydrogen) atoms.